The van der Waals surface area contributed by atoms with Crippen molar-refractivity contribution in [1.82, 2.24) is 0 Å². The van der Waals surface area contributed by atoms with E-state index in [1.54, 1.807) is 0 Å². The maximum atomic E-state index is 6.91. The van der Waals surface area contributed by atoms with Gasteiger partial charge in [-0.3, -0.25) is 0 Å². The van der Waals surface area contributed by atoms with Crippen molar-refractivity contribution in [3.8, 4) is 0 Å². The van der Waals surface area contributed by atoms with Crippen LogP contribution in [0.15, 0.2) is 0 Å². The predicted octanol–water partition coefficient (Wildman–Crippen LogP) is -0.965. The molecule has 0 aromatic heterocycles. The first-order valence-corrected chi connectivity index (χ1v) is 9.18. The third-order valence-electron chi connectivity index (χ3n) is 8.39. The summed E-state index contributed by atoms with van der Waals surface area (Å²) >= 11 is 0. The van der Waals surface area contributed by atoms with Crippen LogP contribution in [0.5, 0.6) is 0 Å². The summed E-state index contributed by atoms with van der Waals surface area (Å²) in [5.41, 5.74) is -1.64. The molecule has 3 aliphatic carbocycles. The number of hydrogen-bond acceptors (Lipinski definition) is 0. The highest BCUT2D eigenvalue weighted by molar-refractivity contribution is 6.73. The third kappa shape index (κ3) is 1.48. The lowest BCUT2D eigenvalue weighted by Gasteiger charge is -2.83. The van der Waals surface area contributed by atoms with Crippen LogP contribution in [-0.4, -0.2) is 101 Å². The summed E-state index contributed by atoms with van der Waals surface area (Å²) in [5.74, 6) is 0. The van der Waals surface area contributed by atoms with Gasteiger partial charge in [0.2, 0.25) is 0 Å². The molecule has 0 N–H and O–H groups in total. The molecule has 0 aromatic rings. The SMILES string of the molecule is [B]C([B]CCC)(CC)C1([B])C([B])([B])C2([B])C([B])([B])C([B])([B])C23C([B])([B])C13[B]. The summed E-state index contributed by atoms with van der Waals surface area (Å²) in [5, 5.41) is -14.3. The fourth-order valence-electron chi connectivity index (χ4n) is 6.80. The van der Waals surface area contributed by atoms with Crippen LogP contribution in [0.2, 0.25) is 48.3 Å². The van der Waals surface area contributed by atoms with Crippen molar-refractivity contribution in [1.29, 1.82) is 0 Å². The Balaban J connectivity index is 2.37. The second-order valence-corrected chi connectivity index (χ2v) is 9.04. The molecule has 13 heteroatoms. The summed E-state index contributed by atoms with van der Waals surface area (Å²) in [6.07, 6.45) is 1.75. The fraction of sp³-hybridized carbons (Fsp3) is 1.00. The van der Waals surface area contributed by atoms with Gasteiger partial charge in [0.05, 0.1) is 94.2 Å². The van der Waals surface area contributed by atoms with Crippen molar-refractivity contribution < 1.29 is 0 Å². The van der Waals surface area contributed by atoms with Gasteiger partial charge in [-0.2, -0.15) is 0 Å². The summed E-state index contributed by atoms with van der Waals surface area (Å²) in [7, 11) is 80.2. The summed E-state index contributed by atoms with van der Waals surface area (Å²) in [6.45, 7) is 3.81. The number of rotatable bonds is 5. The van der Waals surface area contributed by atoms with Gasteiger partial charge in [-0.1, -0.05) is 64.8 Å². The third-order valence-corrected chi connectivity index (χ3v) is 8.39. The molecule has 0 heterocycles. The molecule has 0 aliphatic heterocycles. The zero-order valence-electron chi connectivity index (χ0n) is 16.1. The van der Waals surface area contributed by atoms with Crippen LogP contribution in [0.1, 0.15) is 26.7 Å². The van der Waals surface area contributed by atoms with Crippen LogP contribution >= 0.6 is 0 Å². The van der Waals surface area contributed by atoms with Crippen molar-refractivity contribution >= 4 is 101 Å². The standard InChI is InChI=1S/C14H12B13/c1-3-5-27-6(15,4-2)8(16)9(17)7(11(9,19)20)10(18,13(8,23)24)14(25,26)12(7,21)22/h3-5H2,1-2H3. The van der Waals surface area contributed by atoms with Gasteiger partial charge in [0.1, 0.15) is 7.28 Å². The molecule has 25 radical (unpaired) electrons. The molecule has 5 atom stereocenters. The topological polar surface area (TPSA) is 0 Å². The molecule has 107 valence electrons. The van der Waals surface area contributed by atoms with Crippen molar-refractivity contribution in [2.24, 2.45) is 5.41 Å². The van der Waals surface area contributed by atoms with E-state index in [1.807, 2.05) is 21.1 Å². The molecular formula is C14H12B13. The molecule has 0 bridgehead atoms. The Bertz CT molecular complexity index is 690. The predicted molar refractivity (Wildman–Crippen MR) is 124 cm³/mol. The van der Waals surface area contributed by atoms with Gasteiger partial charge in [0.15, 0.2) is 0 Å². The van der Waals surface area contributed by atoms with Crippen LogP contribution in [0.3, 0.4) is 0 Å². The normalized spacial score (nSPS) is 49.0. The Hall–Kier alpha value is 0.844. The second-order valence-electron chi connectivity index (χ2n) is 9.04. The average molecular weight is 321 g/mol. The summed E-state index contributed by atoms with van der Waals surface area (Å²) in [4.78, 5) is 0. The highest BCUT2D eigenvalue weighted by Crippen LogP contribution is 3.21. The molecule has 1 spiro atoms. The van der Waals surface area contributed by atoms with Gasteiger partial charge >= 0.3 is 0 Å². The first-order chi connectivity index (χ1) is 11.9. The van der Waals surface area contributed by atoms with E-state index in [4.69, 9.17) is 94.2 Å². The van der Waals surface area contributed by atoms with Gasteiger partial charge < -0.3 is 0 Å². The minimum atomic E-state index is -1.99. The number of hydrogen-bond donors (Lipinski definition) is 0. The molecule has 27 heavy (non-hydrogen) atoms. The Labute approximate surface area is 181 Å². The monoisotopic (exact) mass is 323 g/mol. The average Bonchev–Trinajstić information content (AvgIpc) is 2.96. The van der Waals surface area contributed by atoms with E-state index >= 15 is 0 Å². The van der Waals surface area contributed by atoms with Crippen molar-refractivity contribution in [3.63, 3.8) is 0 Å². The van der Waals surface area contributed by atoms with Gasteiger partial charge in [0, 0.05) is 0 Å². The van der Waals surface area contributed by atoms with E-state index in [9.17, 15) is 0 Å². The lowest BCUT2D eigenvalue weighted by Crippen LogP contribution is -2.68. The zero-order chi connectivity index (χ0) is 21.3. The van der Waals surface area contributed by atoms with Crippen LogP contribution < -0.4 is 0 Å². The van der Waals surface area contributed by atoms with Gasteiger partial charge in [-0.15, -0.1) is 15.6 Å². The summed E-state index contributed by atoms with van der Waals surface area (Å²) in [6, 6.07) is 0. The van der Waals surface area contributed by atoms with E-state index in [0.29, 0.717) is 12.7 Å². The molecule has 0 nitrogen and oxygen atoms in total. The Morgan fingerprint density at radius 3 is 1.52 bits per heavy atom. The molecule has 0 amide bonds. The van der Waals surface area contributed by atoms with E-state index < -0.39 is 47.4 Å². The summed E-state index contributed by atoms with van der Waals surface area (Å²) < 4.78 is 0. The van der Waals surface area contributed by atoms with Gasteiger partial charge in [-0.05, 0) is 0 Å². The van der Waals surface area contributed by atoms with E-state index in [-0.39, 0.29) is 0 Å². The van der Waals surface area contributed by atoms with Gasteiger partial charge in [0.25, 0.3) is 0 Å². The highest BCUT2D eigenvalue weighted by Gasteiger charge is 3.03. The molecule has 3 aliphatic rings. The van der Waals surface area contributed by atoms with E-state index in [1.165, 1.54) is 0 Å². The minimum Gasteiger partial charge on any atom is -0.110 e. The van der Waals surface area contributed by atoms with Crippen LogP contribution in [0, 0.1) is 5.41 Å². The van der Waals surface area contributed by atoms with E-state index in [0.717, 1.165) is 6.42 Å². The van der Waals surface area contributed by atoms with Crippen LogP contribution in [-0.2, 0) is 0 Å². The van der Waals surface area contributed by atoms with Gasteiger partial charge in [-0.25, -0.2) is 0 Å². The molecule has 0 saturated heterocycles. The smallest absolute Gasteiger partial charge is 0.106 e. The Morgan fingerprint density at radius 1 is 0.667 bits per heavy atom. The lowest BCUT2D eigenvalue weighted by molar-refractivity contribution is 0.115. The molecule has 3 saturated carbocycles. The van der Waals surface area contributed by atoms with Crippen molar-refractivity contribution in [2.45, 2.75) is 75.0 Å². The largest absolute Gasteiger partial charge is 0.110 e. The maximum absolute atomic E-state index is 6.91. The maximum Gasteiger partial charge on any atom is 0.106 e. The fourth-order valence-corrected chi connectivity index (χ4v) is 6.80. The molecule has 5 unspecified atom stereocenters. The van der Waals surface area contributed by atoms with Crippen molar-refractivity contribution in [2.75, 3.05) is 0 Å². The van der Waals surface area contributed by atoms with Crippen molar-refractivity contribution in [3.05, 3.63) is 0 Å². The Morgan fingerprint density at radius 2 is 1.15 bits per heavy atom. The first kappa shape index (κ1) is 22.5. The molecular weight excluding hydrogens is 309 g/mol. The quantitative estimate of drug-likeness (QED) is 0.572. The van der Waals surface area contributed by atoms with Crippen LogP contribution in [0.25, 0.3) is 0 Å². The highest BCUT2D eigenvalue weighted by atomic mass is 15.0. The van der Waals surface area contributed by atoms with Crippen LogP contribution in [0.4, 0.5) is 0 Å². The molecule has 3 fully saturated rings. The molecule has 0 aromatic carbocycles. The molecule has 3 rings (SSSR count). The Kier molecular flexibility index (Phi) is 4.32. The minimum absolute atomic E-state index is 0.325. The first-order valence-electron chi connectivity index (χ1n) is 9.18. The second kappa shape index (κ2) is 5.18. The zero-order valence-corrected chi connectivity index (χ0v) is 16.1. The lowest BCUT2D eigenvalue weighted by atomic mass is 8.99. The van der Waals surface area contributed by atoms with E-state index in [2.05, 4.69) is 0 Å².